The van der Waals surface area contributed by atoms with Gasteiger partial charge in [-0.25, -0.2) is 4.79 Å². The molecule has 6 nitrogen and oxygen atoms in total. The molecular weight excluding hydrogens is 220 g/mol. The predicted octanol–water partition coefficient (Wildman–Crippen LogP) is -0.657. The lowest BCUT2D eigenvalue weighted by molar-refractivity contribution is 0.354. The van der Waals surface area contributed by atoms with E-state index in [0.717, 1.165) is 24.0 Å². The van der Waals surface area contributed by atoms with Crippen LogP contribution in [0.2, 0.25) is 0 Å². The van der Waals surface area contributed by atoms with E-state index in [2.05, 4.69) is 5.32 Å². The van der Waals surface area contributed by atoms with Gasteiger partial charge < -0.3 is 5.32 Å². The lowest BCUT2D eigenvalue weighted by Crippen LogP contribution is -2.44. The Balaban J connectivity index is 2.54. The Morgan fingerprint density at radius 2 is 2.29 bits per heavy atom. The minimum atomic E-state index is -0.530. The van der Waals surface area contributed by atoms with Gasteiger partial charge in [0.15, 0.2) is 0 Å². The first kappa shape index (κ1) is 11.6. The molecule has 0 saturated carbocycles. The first-order valence-electron chi connectivity index (χ1n) is 5.58. The molecule has 2 rings (SSSR count). The zero-order valence-electron chi connectivity index (χ0n) is 9.64. The van der Waals surface area contributed by atoms with Crippen molar-refractivity contribution in [2.24, 2.45) is 7.05 Å². The van der Waals surface area contributed by atoms with Crippen molar-refractivity contribution in [1.82, 2.24) is 14.5 Å². The summed E-state index contributed by atoms with van der Waals surface area (Å²) in [4.78, 5) is 23.5. The van der Waals surface area contributed by atoms with E-state index in [1.54, 1.807) is 0 Å². The molecule has 0 aromatic carbocycles. The number of hydrogen-bond donors (Lipinski definition) is 1. The molecule has 1 atom stereocenters. The molecule has 0 aliphatic carbocycles. The van der Waals surface area contributed by atoms with E-state index in [9.17, 15) is 9.59 Å². The van der Waals surface area contributed by atoms with Crippen LogP contribution in [0.1, 0.15) is 24.4 Å². The molecule has 90 valence electrons. The van der Waals surface area contributed by atoms with Crippen LogP contribution in [-0.2, 0) is 7.05 Å². The minimum Gasteiger partial charge on any atom is -0.315 e. The van der Waals surface area contributed by atoms with Crippen molar-refractivity contribution in [2.45, 2.75) is 18.9 Å². The summed E-state index contributed by atoms with van der Waals surface area (Å²) in [6, 6.07) is 1.85. The normalized spacial score (nSPS) is 19.9. The maximum atomic E-state index is 11.9. The summed E-state index contributed by atoms with van der Waals surface area (Å²) in [5.41, 5.74) is -0.877. The third-order valence-corrected chi connectivity index (χ3v) is 3.10. The molecule has 1 N–H and O–H groups in total. The molecular formula is C11H14N4O2. The molecule has 1 unspecified atom stereocenters. The number of nitriles is 1. The topological polar surface area (TPSA) is 79.8 Å². The second-order valence-electron chi connectivity index (χ2n) is 4.21. The monoisotopic (exact) mass is 234 g/mol. The fourth-order valence-electron chi connectivity index (χ4n) is 2.10. The highest BCUT2D eigenvalue weighted by molar-refractivity contribution is 5.22. The van der Waals surface area contributed by atoms with Gasteiger partial charge in [-0.05, 0) is 19.4 Å². The van der Waals surface area contributed by atoms with Crippen LogP contribution in [-0.4, -0.2) is 22.2 Å². The van der Waals surface area contributed by atoms with Gasteiger partial charge in [0.05, 0.1) is 6.04 Å². The zero-order valence-corrected chi connectivity index (χ0v) is 9.64. The molecule has 0 radical (unpaired) electrons. The minimum absolute atomic E-state index is 0.0117. The highest BCUT2D eigenvalue weighted by Gasteiger charge is 2.18. The quantitative estimate of drug-likeness (QED) is 0.699. The van der Waals surface area contributed by atoms with E-state index < -0.39 is 5.56 Å². The molecule has 1 aromatic rings. The van der Waals surface area contributed by atoms with Gasteiger partial charge in [0, 0.05) is 19.8 Å². The summed E-state index contributed by atoms with van der Waals surface area (Å²) in [6.45, 7) is 1.64. The summed E-state index contributed by atoms with van der Waals surface area (Å²) in [5.74, 6) is 0. The van der Waals surface area contributed by atoms with E-state index in [1.165, 1.54) is 17.8 Å². The van der Waals surface area contributed by atoms with Gasteiger partial charge in [-0.3, -0.25) is 13.9 Å². The number of nitrogens with one attached hydrogen (secondary N) is 1. The molecule has 0 amide bonds. The van der Waals surface area contributed by atoms with E-state index in [0.29, 0.717) is 6.54 Å². The van der Waals surface area contributed by atoms with Crippen LogP contribution < -0.4 is 16.6 Å². The summed E-state index contributed by atoms with van der Waals surface area (Å²) in [6.07, 6.45) is 3.25. The number of aromatic nitrogens is 2. The molecule has 1 saturated heterocycles. The van der Waals surface area contributed by atoms with Crippen molar-refractivity contribution in [3.8, 4) is 6.07 Å². The van der Waals surface area contributed by atoms with Crippen LogP contribution >= 0.6 is 0 Å². The smallest absolute Gasteiger partial charge is 0.315 e. The Bertz CT molecular complexity index is 573. The van der Waals surface area contributed by atoms with Crippen LogP contribution in [0.15, 0.2) is 15.8 Å². The fraction of sp³-hybridized carbons (Fsp3) is 0.545. The molecule has 0 bridgehead atoms. The van der Waals surface area contributed by atoms with Gasteiger partial charge >= 0.3 is 5.69 Å². The molecule has 1 aliphatic heterocycles. The third-order valence-electron chi connectivity index (χ3n) is 3.10. The summed E-state index contributed by atoms with van der Waals surface area (Å²) in [5, 5.41) is 12.1. The van der Waals surface area contributed by atoms with Crippen LogP contribution in [0.25, 0.3) is 0 Å². The molecule has 1 aliphatic rings. The maximum absolute atomic E-state index is 11.9. The summed E-state index contributed by atoms with van der Waals surface area (Å²) in [7, 11) is 1.40. The van der Waals surface area contributed by atoms with Gasteiger partial charge in [-0.2, -0.15) is 5.26 Å². The molecule has 1 fully saturated rings. The number of piperidine rings is 1. The van der Waals surface area contributed by atoms with Crippen LogP contribution in [0.4, 0.5) is 0 Å². The first-order chi connectivity index (χ1) is 8.15. The van der Waals surface area contributed by atoms with Gasteiger partial charge in [-0.1, -0.05) is 0 Å². The fourth-order valence-corrected chi connectivity index (χ4v) is 2.10. The van der Waals surface area contributed by atoms with Gasteiger partial charge in [0.25, 0.3) is 5.56 Å². The maximum Gasteiger partial charge on any atom is 0.331 e. The summed E-state index contributed by atoms with van der Waals surface area (Å²) >= 11 is 0. The average Bonchev–Trinajstić information content (AvgIpc) is 2.37. The number of nitrogens with zero attached hydrogens (tertiary/aromatic N) is 3. The van der Waals surface area contributed by atoms with Gasteiger partial charge in [-0.15, -0.1) is 0 Å². The second-order valence-corrected chi connectivity index (χ2v) is 4.21. The third kappa shape index (κ3) is 2.01. The van der Waals surface area contributed by atoms with Crippen molar-refractivity contribution >= 4 is 0 Å². The van der Waals surface area contributed by atoms with E-state index in [4.69, 9.17) is 5.26 Å². The highest BCUT2D eigenvalue weighted by Crippen LogP contribution is 2.13. The average molecular weight is 234 g/mol. The SMILES string of the molecule is Cn1c(=O)c(C#N)cn(C2CCCNC2)c1=O. The number of rotatable bonds is 1. The Labute approximate surface area is 98.1 Å². The zero-order chi connectivity index (χ0) is 12.4. The summed E-state index contributed by atoms with van der Waals surface area (Å²) < 4.78 is 2.49. The van der Waals surface area contributed by atoms with Gasteiger partial charge in [0.2, 0.25) is 0 Å². The lowest BCUT2D eigenvalue weighted by atomic mass is 10.1. The van der Waals surface area contributed by atoms with Crippen molar-refractivity contribution < 1.29 is 0 Å². The van der Waals surface area contributed by atoms with E-state index in [1.807, 2.05) is 6.07 Å². The first-order valence-corrected chi connectivity index (χ1v) is 5.58. The van der Waals surface area contributed by atoms with Crippen LogP contribution in [0.5, 0.6) is 0 Å². The van der Waals surface area contributed by atoms with Crippen LogP contribution in [0.3, 0.4) is 0 Å². The molecule has 0 spiro atoms. The Hall–Kier alpha value is -1.87. The standard InChI is InChI=1S/C11H14N4O2/c1-14-10(16)8(5-12)7-15(11(14)17)9-3-2-4-13-6-9/h7,9,13H,2-4,6H2,1H3. The highest BCUT2D eigenvalue weighted by atomic mass is 16.2. The predicted molar refractivity (Wildman–Crippen MR) is 61.8 cm³/mol. The van der Waals surface area contributed by atoms with E-state index >= 15 is 0 Å². The molecule has 17 heavy (non-hydrogen) atoms. The van der Waals surface area contributed by atoms with Gasteiger partial charge in [0.1, 0.15) is 11.6 Å². The molecule has 2 heterocycles. The molecule has 1 aromatic heterocycles. The number of hydrogen-bond acceptors (Lipinski definition) is 4. The van der Waals surface area contributed by atoms with Crippen LogP contribution in [0, 0.1) is 11.3 Å². The Kier molecular flexibility index (Phi) is 3.11. The van der Waals surface area contributed by atoms with Crippen molar-refractivity contribution in [3.05, 3.63) is 32.6 Å². The largest absolute Gasteiger partial charge is 0.331 e. The Morgan fingerprint density at radius 1 is 1.53 bits per heavy atom. The van der Waals surface area contributed by atoms with Crippen molar-refractivity contribution in [1.29, 1.82) is 5.26 Å². The van der Waals surface area contributed by atoms with Crippen molar-refractivity contribution in [3.63, 3.8) is 0 Å². The van der Waals surface area contributed by atoms with Crippen molar-refractivity contribution in [2.75, 3.05) is 13.1 Å². The Morgan fingerprint density at radius 3 is 2.88 bits per heavy atom. The lowest BCUT2D eigenvalue weighted by Gasteiger charge is -2.25. The molecule has 6 heteroatoms. The van der Waals surface area contributed by atoms with E-state index in [-0.39, 0.29) is 17.3 Å². The second kappa shape index (κ2) is 4.55.